The second-order valence-corrected chi connectivity index (χ2v) is 6.30. The van der Waals surface area contributed by atoms with E-state index in [2.05, 4.69) is 18.7 Å². The van der Waals surface area contributed by atoms with Crippen LogP contribution < -0.4 is 0 Å². The van der Waals surface area contributed by atoms with E-state index >= 15 is 0 Å². The van der Waals surface area contributed by atoms with Gasteiger partial charge < -0.3 is 9.84 Å². The van der Waals surface area contributed by atoms with Gasteiger partial charge in [0.1, 0.15) is 6.04 Å². The second-order valence-electron chi connectivity index (χ2n) is 5.29. The molecule has 0 bridgehead atoms. The first-order valence-electron chi connectivity index (χ1n) is 6.60. The molecular weight excluding hydrogens is 262 g/mol. The van der Waals surface area contributed by atoms with E-state index in [0.717, 1.165) is 18.5 Å². The molecule has 5 heteroatoms. The summed E-state index contributed by atoms with van der Waals surface area (Å²) in [6.07, 6.45) is 0.934. The van der Waals surface area contributed by atoms with Crippen LogP contribution in [0.25, 0.3) is 0 Å². The quantitative estimate of drug-likeness (QED) is 0.901. The first-order valence-corrected chi connectivity index (χ1v) is 7.48. The lowest BCUT2D eigenvalue weighted by atomic mass is 9.94. The summed E-state index contributed by atoms with van der Waals surface area (Å²) in [7, 11) is 1.67. The summed E-state index contributed by atoms with van der Waals surface area (Å²) in [6.45, 7) is 5.59. The number of ether oxygens (including phenoxy) is 1. The molecule has 2 unspecified atom stereocenters. The van der Waals surface area contributed by atoms with Crippen LogP contribution >= 0.6 is 11.3 Å². The number of carboxylic acid groups (broad SMARTS) is 1. The Balaban J connectivity index is 2.32. The van der Waals surface area contributed by atoms with Gasteiger partial charge >= 0.3 is 5.97 Å². The molecule has 0 amide bonds. The van der Waals surface area contributed by atoms with Crippen LogP contribution in [0.1, 0.15) is 30.3 Å². The van der Waals surface area contributed by atoms with Crippen molar-refractivity contribution in [1.29, 1.82) is 0 Å². The molecule has 1 aromatic heterocycles. The molecule has 0 spiro atoms. The number of rotatable bonds is 5. The Labute approximate surface area is 118 Å². The van der Waals surface area contributed by atoms with Crippen LogP contribution in [0.5, 0.6) is 0 Å². The maximum atomic E-state index is 11.7. The number of aliphatic carboxylic acids is 1. The molecule has 106 valence electrons. The molecule has 0 saturated heterocycles. The number of nitrogens with zero attached hydrogens (tertiary/aromatic N) is 1. The number of hydrogen-bond donors (Lipinski definition) is 1. The summed E-state index contributed by atoms with van der Waals surface area (Å²) < 4.78 is 5.28. The van der Waals surface area contributed by atoms with Gasteiger partial charge in [-0.3, -0.25) is 9.69 Å². The first kappa shape index (κ1) is 14.5. The van der Waals surface area contributed by atoms with E-state index in [4.69, 9.17) is 4.74 Å². The van der Waals surface area contributed by atoms with Gasteiger partial charge in [-0.15, -0.1) is 11.3 Å². The number of carboxylic acids is 1. The normalized spacial score (nSPS) is 21.4. The number of thiophene rings is 1. The fraction of sp³-hybridized carbons (Fsp3) is 0.643. The Kier molecular flexibility index (Phi) is 4.60. The maximum Gasteiger partial charge on any atom is 0.325 e. The highest BCUT2D eigenvalue weighted by atomic mass is 32.1. The van der Waals surface area contributed by atoms with Gasteiger partial charge in [-0.2, -0.15) is 0 Å². The number of fused-ring (bicyclic) bond motifs is 1. The molecule has 1 N–H and O–H groups in total. The minimum atomic E-state index is -0.763. The zero-order valence-electron chi connectivity index (χ0n) is 11.6. The fourth-order valence-corrected chi connectivity index (χ4v) is 3.71. The predicted molar refractivity (Wildman–Crippen MR) is 75.6 cm³/mol. The molecule has 0 aliphatic carbocycles. The van der Waals surface area contributed by atoms with Crippen molar-refractivity contribution in [3.8, 4) is 0 Å². The van der Waals surface area contributed by atoms with Gasteiger partial charge in [0.05, 0.1) is 6.61 Å². The van der Waals surface area contributed by atoms with Gasteiger partial charge in [0.2, 0.25) is 0 Å². The third-order valence-electron chi connectivity index (χ3n) is 3.77. The van der Waals surface area contributed by atoms with Crippen LogP contribution in [0.4, 0.5) is 0 Å². The lowest BCUT2D eigenvalue weighted by Gasteiger charge is -2.40. The van der Waals surface area contributed by atoms with Crippen molar-refractivity contribution < 1.29 is 14.6 Å². The van der Waals surface area contributed by atoms with Gasteiger partial charge in [-0.25, -0.2) is 0 Å². The highest BCUT2D eigenvalue weighted by Gasteiger charge is 2.38. The van der Waals surface area contributed by atoms with Crippen LogP contribution in [-0.2, 0) is 16.0 Å². The van der Waals surface area contributed by atoms with E-state index in [1.54, 1.807) is 18.4 Å². The zero-order chi connectivity index (χ0) is 14.0. The zero-order valence-corrected chi connectivity index (χ0v) is 12.4. The van der Waals surface area contributed by atoms with E-state index in [0.29, 0.717) is 12.5 Å². The first-order chi connectivity index (χ1) is 9.06. The van der Waals surface area contributed by atoms with Crippen LogP contribution in [0.2, 0.25) is 0 Å². The molecule has 0 saturated carbocycles. The molecule has 1 aliphatic heterocycles. The average molecular weight is 283 g/mol. The molecule has 1 aliphatic rings. The van der Waals surface area contributed by atoms with Crippen LogP contribution in [-0.4, -0.2) is 42.3 Å². The molecule has 19 heavy (non-hydrogen) atoms. The summed E-state index contributed by atoms with van der Waals surface area (Å²) in [4.78, 5) is 15.0. The smallest absolute Gasteiger partial charge is 0.325 e. The minimum Gasteiger partial charge on any atom is -0.480 e. The highest BCUT2D eigenvalue weighted by Crippen LogP contribution is 2.35. The van der Waals surface area contributed by atoms with E-state index in [1.165, 1.54) is 4.88 Å². The van der Waals surface area contributed by atoms with Crippen molar-refractivity contribution >= 4 is 17.3 Å². The van der Waals surface area contributed by atoms with Crippen molar-refractivity contribution in [2.45, 2.75) is 32.4 Å². The van der Waals surface area contributed by atoms with Crippen molar-refractivity contribution in [2.24, 2.45) is 5.92 Å². The summed E-state index contributed by atoms with van der Waals surface area (Å²) in [5.74, 6) is -0.400. The molecular formula is C14H21NO3S. The van der Waals surface area contributed by atoms with Gasteiger partial charge in [0.25, 0.3) is 0 Å². The van der Waals surface area contributed by atoms with Gasteiger partial charge in [-0.1, -0.05) is 13.8 Å². The molecule has 0 fully saturated rings. The SMILES string of the molecule is COCC(C(C)C)N1CCc2sccc2C1C(=O)O. The predicted octanol–water partition coefficient (Wildman–Crippen LogP) is 2.40. The summed E-state index contributed by atoms with van der Waals surface area (Å²) >= 11 is 1.66. The van der Waals surface area contributed by atoms with Crippen molar-refractivity contribution in [1.82, 2.24) is 4.90 Å². The molecule has 2 heterocycles. The van der Waals surface area contributed by atoms with Crippen molar-refractivity contribution in [3.05, 3.63) is 21.9 Å². The molecule has 1 aromatic rings. The Bertz CT molecular complexity index is 444. The Morgan fingerprint density at radius 3 is 2.95 bits per heavy atom. The van der Waals surface area contributed by atoms with E-state index in [-0.39, 0.29) is 6.04 Å². The van der Waals surface area contributed by atoms with E-state index in [9.17, 15) is 9.90 Å². The highest BCUT2D eigenvalue weighted by molar-refractivity contribution is 7.10. The number of hydrogen-bond acceptors (Lipinski definition) is 4. The Morgan fingerprint density at radius 2 is 2.37 bits per heavy atom. The van der Waals surface area contributed by atoms with Crippen LogP contribution in [0.15, 0.2) is 11.4 Å². The number of carbonyl (C=O) groups is 1. The monoisotopic (exact) mass is 283 g/mol. The lowest BCUT2D eigenvalue weighted by Crippen LogP contribution is -2.49. The molecule has 0 aromatic carbocycles. The average Bonchev–Trinajstić information content (AvgIpc) is 2.82. The third kappa shape index (κ3) is 2.83. The molecule has 0 radical (unpaired) electrons. The largest absolute Gasteiger partial charge is 0.480 e. The van der Waals surface area contributed by atoms with E-state index in [1.807, 2.05) is 11.4 Å². The summed E-state index contributed by atoms with van der Waals surface area (Å²) in [5.41, 5.74) is 0.963. The molecule has 2 atom stereocenters. The lowest BCUT2D eigenvalue weighted by molar-refractivity contribution is -0.146. The standard InChI is InChI=1S/C14H21NO3S/c1-9(2)11(8-18-3)15-6-4-12-10(5-7-19-12)13(15)14(16)17/h5,7,9,11,13H,4,6,8H2,1-3H3,(H,16,17). The van der Waals surface area contributed by atoms with Gasteiger partial charge in [0.15, 0.2) is 0 Å². The fourth-order valence-electron chi connectivity index (χ4n) is 2.81. The Hall–Kier alpha value is -0.910. The summed E-state index contributed by atoms with van der Waals surface area (Å²) in [6, 6.07) is 1.56. The topological polar surface area (TPSA) is 49.8 Å². The second kappa shape index (κ2) is 6.03. The summed E-state index contributed by atoms with van der Waals surface area (Å²) in [5, 5.41) is 11.6. The van der Waals surface area contributed by atoms with E-state index < -0.39 is 12.0 Å². The minimum absolute atomic E-state index is 0.138. The maximum absolute atomic E-state index is 11.7. The van der Waals surface area contributed by atoms with Crippen molar-refractivity contribution in [3.63, 3.8) is 0 Å². The molecule has 2 rings (SSSR count). The Morgan fingerprint density at radius 1 is 1.63 bits per heavy atom. The molecule has 4 nitrogen and oxygen atoms in total. The third-order valence-corrected chi connectivity index (χ3v) is 4.77. The van der Waals surface area contributed by atoms with Crippen molar-refractivity contribution in [2.75, 3.05) is 20.3 Å². The number of methoxy groups -OCH3 is 1. The van der Waals surface area contributed by atoms with Gasteiger partial charge in [0, 0.05) is 24.6 Å². The van der Waals surface area contributed by atoms with Gasteiger partial charge in [-0.05, 0) is 29.3 Å². The van der Waals surface area contributed by atoms with Crippen LogP contribution in [0.3, 0.4) is 0 Å². The van der Waals surface area contributed by atoms with Crippen LogP contribution in [0, 0.1) is 5.92 Å².